The van der Waals surface area contributed by atoms with Gasteiger partial charge in [-0.2, -0.15) is 0 Å². The lowest BCUT2D eigenvalue weighted by molar-refractivity contribution is 0.0696. The molecule has 4 N–H and O–H groups in total. The van der Waals surface area contributed by atoms with E-state index in [1.165, 1.54) is 12.1 Å². The van der Waals surface area contributed by atoms with E-state index in [1.807, 2.05) is 13.8 Å². The van der Waals surface area contributed by atoms with Crippen molar-refractivity contribution in [3.63, 3.8) is 0 Å². The molecule has 21 heavy (non-hydrogen) atoms. The lowest BCUT2D eigenvalue weighted by Crippen LogP contribution is -2.17. The number of primary sulfonamides is 1. The Morgan fingerprint density at radius 1 is 1.43 bits per heavy atom. The summed E-state index contributed by atoms with van der Waals surface area (Å²) in [6.45, 7) is 4.89. The second kappa shape index (κ2) is 7.39. The first-order valence-electron chi connectivity index (χ1n) is 6.47. The van der Waals surface area contributed by atoms with Crippen molar-refractivity contribution in [3.05, 3.63) is 23.8 Å². The third-order valence-electron chi connectivity index (χ3n) is 2.62. The summed E-state index contributed by atoms with van der Waals surface area (Å²) in [6, 6.07) is 3.76. The molecule has 0 heterocycles. The van der Waals surface area contributed by atoms with Crippen LogP contribution in [0.2, 0.25) is 0 Å². The normalized spacial score (nSPS) is 11.6. The van der Waals surface area contributed by atoms with Crippen molar-refractivity contribution in [2.24, 2.45) is 5.14 Å². The highest BCUT2D eigenvalue weighted by molar-refractivity contribution is 7.89. The minimum absolute atomic E-state index is 0.132. The Kier molecular flexibility index (Phi) is 6.13. The number of nitrogens with two attached hydrogens (primary N) is 1. The van der Waals surface area contributed by atoms with Crippen molar-refractivity contribution in [1.82, 2.24) is 0 Å². The molecule has 0 saturated carbocycles. The summed E-state index contributed by atoms with van der Waals surface area (Å²) < 4.78 is 28.4. The molecule has 0 atom stereocenters. The van der Waals surface area contributed by atoms with Crippen LogP contribution in [-0.2, 0) is 14.8 Å². The van der Waals surface area contributed by atoms with Crippen LogP contribution in [0.15, 0.2) is 23.1 Å². The van der Waals surface area contributed by atoms with Crippen molar-refractivity contribution >= 4 is 21.7 Å². The zero-order valence-electron chi connectivity index (χ0n) is 12.0. The quantitative estimate of drug-likeness (QED) is 0.621. The number of ether oxygens (including phenoxy) is 1. The number of aromatic carboxylic acids is 1. The Bertz CT molecular complexity index is 599. The SMILES string of the molecule is CC(C)OCCCNc1ccc(C(=O)O)cc1S(N)(=O)=O. The summed E-state index contributed by atoms with van der Waals surface area (Å²) in [4.78, 5) is 10.7. The van der Waals surface area contributed by atoms with Gasteiger partial charge in [0.15, 0.2) is 0 Å². The fourth-order valence-electron chi connectivity index (χ4n) is 1.65. The molecule has 0 unspecified atom stereocenters. The maximum atomic E-state index is 11.5. The maximum Gasteiger partial charge on any atom is 0.335 e. The second-order valence-corrected chi connectivity index (χ2v) is 6.29. The third kappa shape index (κ3) is 5.70. The zero-order valence-corrected chi connectivity index (χ0v) is 12.8. The van der Waals surface area contributed by atoms with Gasteiger partial charge in [-0.25, -0.2) is 18.4 Å². The van der Waals surface area contributed by atoms with Gasteiger partial charge < -0.3 is 15.2 Å². The van der Waals surface area contributed by atoms with Crippen LogP contribution in [0.5, 0.6) is 0 Å². The highest BCUT2D eigenvalue weighted by Gasteiger charge is 2.16. The molecular formula is C13H20N2O5S. The van der Waals surface area contributed by atoms with E-state index in [4.69, 9.17) is 15.0 Å². The van der Waals surface area contributed by atoms with E-state index in [-0.39, 0.29) is 22.3 Å². The van der Waals surface area contributed by atoms with Gasteiger partial charge in [0.2, 0.25) is 10.0 Å². The first kappa shape index (κ1) is 17.4. The fraction of sp³-hybridized carbons (Fsp3) is 0.462. The van der Waals surface area contributed by atoms with E-state index >= 15 is 0 Å². The molecule has 0 amide bonds. The Morgan fingerprint density at radius 3 is 2.62 bits per heavy atom. The van der Waals surface area contributed by atoms with Crippen molar-refractivity contribution in [2.75, 3.05) is 18.5 Å². The first-order chi connectivity index (χ1) is 9.71. The number of rotatable bonds is 8. The van der Waals surface area contributed by atoms with Gasteiger partial charge >= 0.3 is 5.97 Å². The second-order valence-electron chi connectivity index (χ2n) is 4.76. The van der Waals surface area contributed by atoms with Crippen LogP contribution in [-0.4, -0.2) is 38.7 Å². The van der Waals surface area contributed by atoms with E-state index < -0.39 is 16.0 Å². The number of hydrogen-bond donors (Lipinski definition) is 3. The molecule has 8 heteroatoms. The molecule has 0 bridgehead atoms. The third-order valence-corrected chi connectivity index (χ3v) is 3.57. The molecule has 0 aromatic heterocycles. The highest BCUT2D eigenvalue weighted by Crippen LogP contribution is 2.21. The average molecular weight is 316 g/mol. The predicted molar refractivity (Wildman–Crippen MR) is 79.0 cm³/mol. The van der Waals surface area contributed by atoms with Crippen molar-refractivity contribution in [1.29, 1.82) is 0 Å². The van der Waals surface area contributed by atoms with Crippen LogP contribution in [0, 0.1) is 0 Å². The topological polar surface area (TPSA) is 119 Å². The van der Waals surface area contributed by atoms with Crippen molar-refractivity contribution < 1.29 is 23.1 Å². The van der Waals surface area contributed by atoms with E-state index in [1.54, 1.807) is 0 Å². The van der Waals surface area contributed by atoms with Gasteiger partial charge in [-0.05, 0) is 38.5 Å². The number of sulfonamides is 1. The number of carboxylic acid groups (broad SMARTS) is 1. The van der Waals surface area contributed by atoms with Crippen LogP contribution in [0.3, 0.4) is 0 Å². The van der Waals surface area contributed by atoms with Gasteiger partial charge in [-0.15, -0.1) is 0 Å². The monoisotopic (exact) mass is 316 g/mol. The minimum Gasteiger partial charge on any atom is -0.478 e. The molecule has 7 nitrogen and oxygen atoms in total. The van der Waals surface area contributed by atoms with Crippen LogP contribution in [0.1, 0.15) is 30.6 Å². The lowest BCUT2D eigenvalue weighted by Gasteiger charge is -2.12. The van der Waals surface area contributed by atoms with Crippen LogP contribution in [0.25, 0.3) is 0 Å². The number of hydrogen-bond acceptors (Lipinski definition) is 5. The number of carboxylic acids is 1. The molecular weight excluding hydrogens is 296 g/mol. The molecule has 0 aliphatic rings. The molecule has 1 rings (SSSR count). The number of carbonyl (C=O) groups is 1. The molecule has 118 valence electrons. The van der Waals surface area contributed by atoms with Crippen molar-refractivity contribution in [2.45, 2.75) is 31.3 Å². The number of benzene rings is 1. The van der Waals surface area contributed by atoms with Crippen molar-refractivity contribution in [3.8, 4) is 0 Å². The Hall–Kier alpha value is -1.64. The Balaban J connectivity index is 2.80. The van der Waals surface area contributed by atoms with Gasteiger partial charge in [-0.1, -0.05) is 0 Å². The summed E-state index contributed by atoms with van der Waals surface area (Å²) in [5, 5.41) is 16.9. The molecule has 0 spiro atoms. The highest BCUT2D eigenvalue weighted by atomic mass is 32.2. The molecule has 1 aromatic rings. The van der Waals surface area contributed by atoms with Crippen LogP contribution in [0.4, 0.5) is 5.69 Å². The van der Waals surface area contributed by atoms with E-state index in [0.717, 1.165) is 6.07 Å². The zero-order chi connectivity index (χ0) is 16.0. The molecule has 0 saturated heterocycles. The lowest BCUT2D eigenvalue weighted by atomic mass is 10.2. The first-order valence-corrected chi connectivity index (χ1v) is 8.02. The van der Waals surface area contributed by atoms with Crippen LogP contribution < -0.4 is 10.5 Å². The smallest absolute Gasteiger partial charge is 0.335 e. The molecule has 1 aromatic carbocycles. The molecule has 0 aliphatic heterocycles. The standard InChI is InChI=1S/C13H20N2O5S/c1-9(2)20-7-3-6-15-11-5-4-10(13(16)17)8-12(11)21(14,18)19/h4-5,8-9,15H,3,6-7H2,1-2H3,(H,16,17)(H2,14,18,19). The predicted octanol–water partition coefficient (Wildman–Crippen LogP) is 1.26. The Morgan fingerprint density at radius 2 is 2.10 bits per heavy atom. The summed E-state index contributed by atoms with van der Waals surface area (Å²) in [6.07, 6.45) is 0.822. The van der Waals surface area contributed by atoms with Gasteiger partial charge in [0.25, 0.3) is 0 Å². The maximum absolute atomic E-state index is 11.5. The van der Waals surface area contributed by atoms with E-state index in [2.05, 4.69) is 5.32 Å². The number of nitrogens with one attached hydrogen (secondary N) is 1. The van der Waals surface area contributed by atoms with Crippen LogP contribution >= 0.6 is 0 Å². The van der Waals surface area contributed by atoms with E-state index in [0.29, 0.717) is 19.6 Å². The van der Waals surface area contributed by atoms with Gasteiger partial charge in [0, 0.05) is 13.2 Å². The molecule has 0 radical (unpaired) electrons. The summed E-state index contributed by atoms with van der Waals surface area (Å²) in [7, 11) is -4.00. The summed E-state index contributed by atoms with van der Waals surface area (Å²) in [5.74, 6) is -1.21. The fourth-order valence-corrected chi connectivity index (χ4v) is 2.39. The average Bonchev–Trinajstić information content (AvgIpc) is 2.36. The minimum atomic E-state index is -4.00. The van der Waals surface area contributed by atoms with Gasteiger partial charge in [0.05, 0.1) is 17.4 Å². The largest absolute Gasteiger partial charge is 0.478 e. The Labute approximate surface area is 124 Å². The van der Waals surface area contributed by atoms with Gasteiger partial charge in [0.1, 0.15) is 4.90 Å². The molecule has 0 fully saturated rings. The summed E-state index contributed by atoms with van der Waals surface area (Å²) >= 11 is 0. The summed E-state index contributed by atoms with van der Waals surface area (Å²) in [5.41, 5.74) is 0.153. The van der Waals surface area contributed by atoms with E-state index in [9.17, 15) is 13.2 Å². The molecule has 0 aliphatic carbocycles. The number of anilines is 1. The van der Waals surface area contributed by atoms with Gasteiger partial charge in [-0.3, -0.25) is 0 Å².